The van der Waals surface area contributed by atoms with Crippen molar-refractivity contribution in [3.8, 4) is 0 Å². The van der Waals surface area contributed by atoms with Gasteiger partial charge in [0.1, 0.15) is 12.1 Å². The van der Waals surface area contributed by atoms with Crippen LogP contribution in [-0.4, -0.2) is 40.3 Å². The fourth-order valence-electron chi connectivity index (χ4n) is 1.69. The highest BCUT2D eigenvalue weighted by atomic mass is 16.5. The Morgan fingerprint density at radius 1 is 1.61 bits per heavy atom. The molecule has 0 saturated carbocycles. The molecule has 1 unspecified atom stereocenters. The average Bonchev–Trinajstić information content (AvgIpc) is 2.88. The minimum absolute atomic E-state index is 0.0350. The molecule has 1 aliphatic heterocycles. The van der Waals surface area contributed by atoms with E-state index in [-0.39, 0.29) is 19.1 Å². The number of primary amides is 1. The number of hydrogen-bond acceptors (Lipinski definition) is 5. The maximum absolute atomic E-state index is 11.9. The molecule has 2 amide bonds. The first-order valence-electron chi connectivity index (χ1n) is 5.48. The third-order valence-electron chi connectivity index (χ3n) is 2.71. The summed E-state index contributed by atoms with van der Waals surface area (Å²) >= 11 is 0. The molecule has 0 aliphatic carbocycles. The summed E-state index contributed by atoms with van der Waals surface area (Å²) in [6.45, 7) is 0.645. The molecule has 1 saturated heterocycles. The Kier molecular flexibility index (Phi) is 3.30. The highest BCUT2D eigenvalue weighted by molar-refractivity contribution is 5.98. The van der Waals surface area contributed by atoms with Crippen molar-refractivity contribution >= 4 is 17.5 Å². The number of carbonyl (C=O) groups is 2. The number of nitrogens with two attached hydrogens (primary N) is 2. The molecule has 0 aromatic carbocycles. The normalized spacial score (nSPS) is 22.9. The van der Waals surface area contributed by atoms with Crippen LogP contribution in [0.2, 0.25) is 0 Å². The lowest BCUT2D eigenvalue weighted by atomic mass is 9.99. The van der Waals surface area contributed by atoms with Gasteiger partial charge in [0.2, 0.25) is 11.8 Å². The zero-order valence-corrected chi connectivity index (χ0v) is 9.76. The number of carbonyl (C=O) groups excluding carboxylic acids is 2. The third-order valence-corrected chi connectivity index (χ3v) is 2.71. The molecule has 0 radical (unpaired) electrons. The molecule has 1 fully saturated rings. The summed E-state index contributed by atoms with van der Waals surface area (Å²) in [4.78, 5) is 22.6. The van der Waals surface area contributed by atoms with Gasteiger partial charge in [-0.3, -0.25) is 14.3 Å². The maximum atomic E-state index is 11.9. The number of nitrogens with zero attached hydrogens (tertiary/aromatic N) is 2. The second kappa shape index (κ2) is 4.75. The molecular weight excluding hydrogens is 238 g/mol. The fourth-order valence-corrected chi connectivity index (χ4v) is 1.69. The van der Waals surface area contributed by atoms with Crippen LogP contribution in [-0.2, 0) is 20.9 Å². The van der Waals surface area contributed by atoms with E-state index in [1.54, 1.807) is 0 Å². The van der Waals surface area contributed by atoms with Crippen LogP contribution < -0.4 is 16.8 Å². The lowest BCUT2D eigenvalue weighted by Crippen LogP contribution is -2.51. The summed E-state index contributed by atoms with van der Waals surface area (Å²) in [5.41, 5.74) is 10.4. The molecule has 2 heterocycles. The SMILES string of the molecule is NC(=O)Cn1cc(NC(=O)C2(N)CCOC2)cn1. The fraction of sp³-hybridized carbons (Fsp3) is 0.500. The standard InChI is InChI=1S/C10H15N5O3/c11-8(16)5-15-4-7(3-13-15)14-9(17)10(12)1-2-18-6-10/h3-4H,1-2,5-6,12H2,(H2,11,16)(H,14,17). The summed E-state index contributed by atoms with van der Waals surface area (Å²) in [5.74, 6) is -0.825. The Hall–Kier alpha value is -1.93. The van der Waals surface area contributed by atoms with Gasteiger partial charge < -0.3 is 21.5 Å². The van der Waals surface area contributed by atoms with Crippen LogP contribution in [0, 0.1) is 0 Å². The third kappa shape index (κ3) is 2.66. The second-order valence-electron chi connectivity index (χ2n) is 4.31. The van der Waals surface area contributed by atoms with Crippen LogP contribution in [0.15, 0.2) is 12.4 Å². The molecule has 1 aromatic heterocycles. The van der Waals surface area contributed by atoms with E-state index in [2.05, 4.69) is 10.4 Å². The molecule has 1 aliphatic rings. The van der Waals surface area contributed by atoms with Gasteiger partial charge >= 0.3 is 0 Å². The number of rotatable bonds is 4. The van der Waals surface area contributed by atoms with Gasteiger partial charge in [0, 0.05) is 12.8 Å². The van der Waals surface area contributed by atoms with Gasteiger partial charge in [-0.15, -0.1) is 0 Å². The number of anilines is 1. The van der Waals surface area contributed by atoms with E-state index in [0.29, 0.717) is 18.7 Å². The Bertz CT molecular complexity index is 464. The van der Waals surface area contributed by atoms with E-state index in [0.717, 1.165) is 0 Å². The van der Waals surface area contributed by atoms with Crippen LogP contribution in [0.25, 0.3) is 0 Å². The van der Waals surface area contributed by atoms with Gasteiger partial charge in [-0.05, 0) is 6.42 Å². The number of aromatic nitrogens is 2. The lowest BCUT2D eigenvalue weighted by molar-refractivity contribution is -0.121. The predicted octanol–water partition coefficient (Wildman–Crippen LogP) is -1.58. The number of ether oxygens (including phenoxy) is 1. The van der Waals surface area contributed by atoms with Crippen molar-refractivity contribution < 1.29 is 14.3 Å². The van der Waals surface area contributed by atoms with Gasteiger partial charge in [0.15, 0.2) is 0 Å². The van der Waals surface area contributed by atoms with Crippen molar-refractivity contribution in [2.24, 2.45) is 11.5 Å². The summed E-state index contributed by atoms with van der Waals surface area (Å²) in [6.07, 6.45) is 3.43. The minimum Gasteiger partial charge on any atom is -0.379 e. The maximum Gasteiger partial charge on any atom is 0.247 e. The Balaban J connectivity index is 1.99. The van der Waals surface area contributed by atoms with Crippen LogP contribution in [0.1, 0.15) is 6.42 Å². The van der Waals surface area contributed by atoms with Crippen LogP contribution >= 0.6 is 0 Å². The van der Waals surface area contributed by atoms with E-state index in [1.165, 1.54) is 17.1 Å². The summed E-state index contributed by atoms with van der Waals surface area (Å²) in [7, 11) is 0. The average molecular weight is 253 g/mol. The van der Waals surface area contributed by atoms with Gasteiger partial charge in [-0.2, -0.15) is 5.10 Å². The zero-order valence-electron chi connectivity index (χ0n) is 9.76. The van der Waals surface area contributed by atoms with Crippen molar-refractivity contribution in [1.29, 1.82) is 0 Å². The number of amides is 2. The number of hydrogen-bond donors (Lipinski definition) is 3. The van der Waals surface area contributed by atoms with Crippen molar-refractivity contribution in [1.82, 2.24) is 9.78 Å². The molecule has 8 heteroatoms. The highest BCUT2D eigenvalue weighted by Crippen LogP contribution is 2.18. The molecule has 2 rings (SSSR count). The highest BCUT2D eigenvalue weighted by Gasteiger charge is 2.38. The van der Waals surface area contributed by atoms with Crippen molar-refractivity contribution in [3.63, 3.8) is 0 Å². The van der Waals surface area contributed by atoms with Crippen LogP contribution in [0.4, 0.5) is 5.69 Å². The molecular formula is C10H15N5O3. The Morgan fingerprint density at radius 3 is 3.00 bits per heavy atom. The van der Waals surface area contributed by atoms with Crippen LogP contribution in [0.3, 0.4) is 0 Å². The van der Waals surface area contributed by atoms with Crippen LogP contribution in [0.5, 0.6) is 0 Å². The van der Waals surface area contributed by atoms with Gasteiger partial charge in [0.05, 0.1) is 18.5 Å². The molecule has 1 aromatic rings. The predicted molar refractivity (Wildman–Crippen MR) is 62.4 cm³/mol. The number of nitrogens with one attached hydrogen (secondary N) is 1. The van der Waals surface area contributed by atoms with E-state index in [9.17, 15) is 9.59 Å². The van der Waals surface area contributed by atoms with E-state index in [1.807, 2.05) is 0 Å². The first-order chi connectivity index (χ1) is 8.49. The summed E-state index contributed by atoms with van der Waals surface area (Å²) < 4.78 is 6.45. The molecule has 1 atom stereocenters. The van der Waals surface area contributed by atoms with Gasteiger partial charge in [-0.25, -0.2) is 0 Å². The zero-order chi connectivity index (χ0) is 13.2. The second-order valence-corrected chi connectivity index (χ2v) is 4.31. The van der Waals surface area contributed by atoms with Crippen molar-refractivity contribution in [2.45, 2.75) is 18.5 Å². The minimum atomic E-state index is -0.994. The van der Waals surface area contributed by atoms with Gasteiger partial charge in [-0.1, -0.05) is 0 Å². The summed E-state index contributed by atoms with van der Waals surface area (Å²) in [5, 5.41) is 6.53. The topological polar surface area (TPSA) is 125 Å². The first kappa shape index (κ1) is 12.5. The van der Waals surface area contributed by atoms with E-state index >= 15 is 0 Å². The van der Waals surface area contributed by atoms with Gasteiger partial charge in [0.25, 0.3) is 0 Å². The van der Waals surface area contributed by atoms with Crippen molar-refractivity contribution in [3.05, 3.63) is 12.4 Å². The monoisotopic (exact) mass is 253 g/mol. The smallest absolute Gasteiger partial charge is 0.247 e. The molecule has 18 heavy (non-hydrogen) atoms. The molecule has 0 bridgehead atoms. The lowest BCUT2D eigenvalue weighted by Gasteiger charge is -2.19. The quantitative estimate of drug-likeness (QED) is 0.597. The summed E-state index contributed by atoms with van der Waals surface area (Å²) in [6, 6.07) is 0. The first-order valence-corrected chi connectivity index (χ1v) is 5.48. The van der Waals surface area contributed by atoms with Crippen molar-refractivity contribution in [2.75, 3.05) is 18.5 Å². The molecule has 98 valence electrons. The largest absolute Gasteiger partial charge is 0.379 e. The molecule has 0 spiro atoms. The van der Waals surface area contributed by atoms with E-state index < -0.39 is 11.4 Å². The molecule has 5 N–H and O–H groups in total. The Morgan fingerprint density at radius 2 is 2.39 bits per heavy atom. The van der Waals surface area contributed by atoms with E-state index in [4.69, 9.17) is 16.2 Å². The molecule has 8 nitrogen and oxygen atoms in total. The Labute approximate surface area is 103 Å².